The third kappa shape index (κ3) is 4.54. The van der Waals surface area contributed by atoms with Crippen LogP contribution in [0.3, 0.4) is 0 Å². The fourth-order valence-electron chi connectivity index (χ4n) is 4.05. The van der Waals surface area contributed by atoms with Crippen molar-refractivity contribution in [3.63, 3.8) is 0 Å². The Bertz CT molecular complexity index is 1230. The van der Waals surface area contributed by atoms with Crippen LogP contribution < -0.4 is 14.8 Å². The van der Waals surface area contributed by atoms with E-state index in [1.807, 2.05) is 25.3 Å². The maximum atomic E-state index is 6.08. The summed E-state index contributed by atoms with van der Waals surface area (Å²) >= 11 is 0. The molecule has 7 nitrogen and oxygen atoms in total. The molecule has 0 bridgehead atoms. The SMILES string of the molecule is COc1cc2nc(C)nc(N[C@H](C)c3cccc(C4=CCN=C4)c3)c2cc1OCC1COC1. The number of nitrogens with one attached hydrogen (secondary N) is 1. The monoisotopic (exact) mass is 444 g/mol. The van der Waals surface area contributed by atoms with E-state index in [1.54, 1.807) is 7.11 Å². The van der Waals surface area contributed by atoms with E-state index in [2.05, 4.69) is 52.6 Å². The summed E-state index contributed by atoms with van der Waals surface area (Å²) in [5.41, 5.74) is 4.33. The predicted octanol–water partition coefficient (Wildman–Crippen LogP) is 4.61. The van der Waals surface area contributed by atoms with E-state index in [0.717, 1.165) is 42.1 Å². The number of hydrogen-bond acceptors (Lipinski definition) is 7. The average Bonchev–Trinajstić information content (AvgIpc) is 3.33. The molecule has 170 valence electrons. The highest BCUT2D eigenvalue weighted by Gasteiger charge is 2.21. The molecule has 1 saturated heterocycles. The second kappa shape index (κ2) is 9.19. The van der Waals surface area contributed by atoms with Gasteiger partial charge in [0.2, 0.25) is 0 Å². The van der Waals surface area contributed by atoms with Gasteiger partial charge in [-0.2, -0.15) is 0 Å². The average molecular weight is 445 g/mol. The molecule has 2 aliphatic rings. The standard InChI is InChI=1S/C26H28N4O3/c1-16(19-5-4-6-20(9-19)21-7-8-27-12-21)28-26-22-10-25(33-15-18-13-32-14-18)24(31-3)11-23(22)29-17(2)30-26/h4-7,9-12,16,18H,8,13-15H2,1-3H3,(H,28,29,30)/t16-/m1/s1. The number of aliphatic imine (C=N–C) groups is 1. The Hall–Kier alpha value is -3.45. The summed E-state index contributed by atoms with van der Waals surface area (Å²) in [5, 5.41) is 4.49. The van der Waals surface area contributed by atoms with Gasteiger partial charge in [-0.15, -0.1) is 0 Å². The van der Waals surface area contributed by atoms with Crippen LogP contribution in [0.25, 0.3) is 16.5 Å². The topological polar surface area (TPSA) is 77.9 Å². The lowest BCUT2D eigenvalue weighted by molar-refractivity contribution is -0.0510. The summed E-state index contributed by atoms with van der Waals surface area (Å²) in [6, 6.07) is 12.5. The van der Waals surface area contributed by atoms with Crippen molar-refractivity contribution in [2.75, 3.05) is 38.8 Å². The molecule has 0 saturated carbocycles. The van der Waals surface area contributed by atoms with E-state index in [9.17, 15) is 0 Å². The number of aromatic nitrogens is 2. The van der Waals surface area contributed by atoms with Crippen LogP contribution in [-0.2, 0) is 4.74 Å². The minimum Gasteiger partial charge on any atom is -0.493 e. The van der Waals surface area contributed by atoms with Gasteiger partial charge in [-0.05, 0) is 42.7 Å². The van der Waals surface area contributed by atoms with E-state index in [0.29, 0.717) is 29.8 Å². The van der Waals surface area contributed by atoms with Gasteiger partial charge in [0.25, 0.3) is 0 Å². The summed E-state index contributed by atoms with van der Waals surface area (Å²) in [4.78, 5) is 13.6. The van der Waals surface area contributed by atoms with Crippen molar-refractivity contribution in [1.29, 1.82) is 0 Å². The number of rotatable bonds is 8. The number of fused-ring (bicyclic) bond motifs is 1. The van der Waals surface area contributed by atoms with Gasteiger partial charge in [0.15, 0.2) is 11.5 Å². The van der Waals surface area contributed by atoms with Gasteiger partial charge < -0.3 is 19.5 Å². The molecule has 0 spiro atoms. The number of nitrogens with zero attached hydrogens (tertiary/aromatic N) is 3. The number of anilines is 1. The molecule has 0 radical (unpaired) electrons. The number of benzene rings is 2. The first-order chi connectivity index (χ1) is 16.1. The molecule has 3 heterocycles. The molecule has 2 aliphatic heterocycles. The fraction of sp³-hybridized carbons (Fsp3) is 0.346. The summed E-state index contributed by atoms with van der Waals surface area (Å²) in [5.74, 6) is 3.25. The summed E-state index contributed by atoms with van der Waals surface area (Å²) < 4.78 is 16.9. The number of methoxy groups -OCH3 is 1. The summed E-state index contributed by atoms with van der Waals surface area (Å²) in [6.07, 6.45) is 4.08. The molecule has 5 rings (SSSR count). The van der Waals surface area contributed by atoms with Gasteiger partial charge >= 0.3 is 0 Å². The number of allylic oxidation sites excluding steroid dienone is 1. The second-order valence-corrected chi connectivity index (χ2v) is 8.50. The van der Waals surface area contributed by atoms with Crippen LogP contribution in [0, 0.1) is 12.8 Å². The van der Waals surface area contributed by atoms with E-state index in [1.165, 1.54) is 11.1 Å². The quantitative estimate of drug-likeness (QED) is 0.547. The number of ether oxygens (including phenoxy) is 3. The number of aryl methyl sites for hydroxylation is 1. The van der Waals surface area contributed by atoms with Gasteiger partial charge in [-0.25, -0.2) is 9.97 Å². The van der Waals surface area contributed by atoms with Crippen LogP contribution in [0.1, 0.15) is 29.9 Å². The van der Waals surface area contributed by atoms with Crippen molar-refractivity contribution in [2.45, 2.75) is 19.9 Å². The minimum atomic E-state index is 0.0417. The van der Waals surface area contributed by atoms with Crippen LogP contribution in [0.5, 0.6) is 11.5 Å². The van der Waals surface area contributed by atoms with Crippen LogP contribution >= 0.6 is 0 Å². The Morgan fingerprint density at radius 1 is 1.15 bits per heavy atom. The van der Waals surface area contributed by atoms with Gasteiger partial charge in [0.05, 0.1) is 39.0 Å². The molecule has 0 unspecified atom stereocenters. The first-order valence-electron chi connectivity index (χ1n) is 11.2. The highest BCUT2D eigenvalue weighted by Crippen LogP contribution is 2.36. The lowest BCUT2D eigenvalue weighted by Crippen LogP contribution is -2.32. The largest absolute Gasteiger partial charge is 0.493 e. The Morgan fingerprint density at radius 2 is 2.03 bits per heavy atom. The Labute approximate surface area is 193 Å². The third-order valence-electron chi connectivity index (χ3n) is 5.99. The first kappa shape index (κ1) is 21.4. The first-order valence-corrected chi connectivity index (χ1v) is 11.2. The van der Waals surface area contributed by atoms with Crippen LogP contribution in [0.15, 0.2) is 47.5 Å². The minimum absolute atomic E-state index is 0.0417. The molecule has 1 aromatic heterocycles. The Balaban J connectivity index is 1.45. The molecule has 0 amide bonds. The number of hydrogen-bond donors (Lipinski definition) is 1. The third-order valence-corrected chi connectivity index (χ3v) is 5.99. The van der Waals surface area contributed by atoms with Crippen molar-refractivity contribution >= 4 is 28.5 Å². The lowest BCUT2D eigenvalue weighted by Gasteiger charge is -2.26. The Morgan fingerprint density at radius 3 is 2.76 bits per heavy atom. The normalized spacial score (nSPS) is 16.4. The van der Waals surface area contributed by atoms with Crippen molar-refractivity contribution in [3.8, 4) is 11.5 Å². The molecule has 1 atom stereocenters. The molecular weight excluding hydrogens is 416 g/mol. The zero-order valence-electron chi connectivity index (χ0n) is 19.2. The molecular formula is C26H28N4O3. The fourth-order valence-corrected chi connectivity index (χ4v) is 4.05. The smallest absolute Gasteiger partial charge is 0.162 e. The van der Waals surface area contributed by atoms with Crippen LogP contribution in [-0.4, -0.2) is 49.7 Å². The molecule has 0 aliphatic carbocycles. The van der Waals surface area contributed by atoms with E-state index >= 15 is 0 Å². The zero-order valence-corrected chi connectivity index (χ0v) is 19.2. The van der Waals surface area contributed by atoms with E-state index in [-0.39, 0.29) is 6.04 Å². The van der Waals surface area contributed by atoms with Crippen molar-refractivity contribution in [2.24, 2.45) is 10.9 Å². The maximum Gasteiger partial charge on any atom is 0.162 e. The molecule has 1 fully saturated rings. The van der Waals surface area contributed by atoms with Crippen molar-refractivity contribution in [3.05, 3.63) is 59.4 Å². The van der Waals surface area contributed by atoms with Crippen molar-refractivity contribution < 1.29 is 14.2 Å². The highest BCUT2D eigenvalue weighted by atomic mass is 16.5. The molecule has 1 N–H and O–H groups in total. The summed E-state index contributed by atoms with van der Waals surface area (Å²) in [7, 11) is 1.65. The lowest BCUT2D eigenvalue weighted by atomic mass is 10.0. The highest BCUT2D eigenvalue weighted by molar-refractivity contribution is 6.11. The predicted molar refractivity (Wildman–Crippen MR) is 130 cm³/mol. The van der Waals surface area contributed by atoms with E-state index < -0.39 is 0 Å². The van der Waals surface area contributed by atoms with Crippen LogP contribution in [0.4, 0.5) is 5.82 Å². The van der Waals surface area contributed by atoms with Gasteiger partial charge in [0.1, 0.15) is 11.6 Å². The molecule has 2 aromatic carbocycles. The van der Waals surface area contributed by atoms with Crippen LogP contribution in [0.2, 0.25) is 0 Å². The van der Waals surface area contributed by atoms with Crippen molar-refractivity contribution in [1.82, 2.24) is 9.97 Å². The molecule has 3 aromatic rings. The maximum absolute atomic E-state index is 6.08. The Kier molecular flexibility index (Phi) is 5.96. The second-order valence-electron chi connectivity index (χ2n) is 8.50. The molecule has 33 heavy (non-hydrogen) atoms. The summed E-state index contributed by atoms with van der Waals surface area (Å²) in [6.45, 7) is 6.86. The van der Waals surface area contributed by atoms with Gasteiger partial charge in [0, 0.05) is 29.6 Å². The zero-order chi connectivity index (χ0) is 22.8. The van der Waals surface area contributed by atoms with E-state index in [4.69, 9.17) is 19.2 Å². The molecule has 7 heteroatoms. The van der Waals surface area contributed by atoms with Gasteiger partial charge in [-0.1, -0.05) is 24.3 Å². The van der Waals surface area contributed by atoms with Gasteiger partial charge in [-0.3, -0.25) is 4.99 Å².